The van der Waals surface area contributed by atoms with Crippen LogP contribution in [0.2, 0.25) is 0 Å². The standard InChI is InChI=1S/C14H18FNO/c1-10(2)8-16(13-3-4-13)14-6-11(9-17)5-12(15)7-14/h5-7,9-10,13H,3-4,8H2,1-2H3. The molecule has 0 radical (unpaired) electrons. The van der Waals surface area contributed by atoms with Crippen molar-refractivity contribution in [2.75, 3.05) is 11.4 Å². The summed E-state index contributed by atoms with van der Waals surface area (Å²) in [6.07, 6.45) is 3.03. The molecule has 0 spiro atoms. The number of halogens is 1. The van der Waals surface area contributed by atoms with E-state index in [1.807, 2.05) is 0 Å². The van der Waals surface area contributed by atoms with Crippen molar-refractivity contribution >= 4 is 12.0 Å². The molecule has 0 atom stereocenters. The Hall–Kier alpha value is -1.38. The quantitative estimate of drug-likeness (QED) is 0.730. The molecule has 1 aliphatic carbocycles. The number of aldehydes is 1. The molecule has 0 unspecified atom stereocenters. The van der Waals surface area contributed by atoms with Gasteiger partial charge >= 0.3 is 0 Å². The van der Waals surface area contributed by atoms with Gasteiger partial charge in [-0.15, -0.1) is 0 Å². The van der Waals surface area contributed by atoms with E-state index in [9.17, 15) is 9.18 Å². The van der Waals surface area contributed by atoms with Gasteiger partial charge < -0.3 is 4.90 Å². The second-order valence-electron chi connectivity index (χ2n) is 5.14. The second kappa shape index (κ2) is 4.86. The van der Waals surface area contributed by atoms with Gasteiger partial charge in [-0.3, -0.25) is 4.79 Å². The Morgan fingerprint density at radius 3 is 2.65 bits per heavy atom. The minimum Gasteiger partial charge on any atom is -0.368 e. The smallest absolute Gasteiger partial charge is 0.150 e. The molecular formula is C14H18FNO. The minimum atomic E-state index is -0.334. The predicted octanol–water partition coefficient (Wildman–Crippen LogP) is 3.26. The maximum Gasteiger partial charge on any atom is 0.150 e. The fourth-order valence-electron chi connectivity index (χ4n) is 2.08. The predicted molar refractivity (Wildman–Crippen MR) is 67.0 cm³/mol. The highest BCUT2D eigenvalue weighted by atomic mass is 19.1. The second-order valence-corrected chi connectivity index (χ2v) is 5.14. The summed E-state index contributed by atoms with van der Waals surface area (Å²) in [6, 6.07) is 5.10. The van der Waals surface area contributed by atoms with E-state index in [1.165, 1.54) is 25.0 Å². The highest BCUT2D eigenvalue weighted by Gasteiger charge is 2.29. The van der Waals surface area contributed by atoms with Crippen molar-refractivity contribution < 1.29 is 9.18 Å². The van der Waals surface area contributed by atoms with Crippen LogP contribution in [-0.2, 0) is 0 Å². The lowest BCUT2D eigenvalue weighted by atomic mass is 10.1. The van der Waals surface area contributed by atoms with Crippen LogP contribution in [0.1, 0.15) is 37.0 Å². The Bertz CT molecular complexity index is 413. The zero-order valence-electron chi connectivity index (χ0n) is 10.3. The van der Waals surface area contributed by atoms with Gasteiger partial charge in [0.05, 0.1) is 0 Å². The minimum absolute atomic E-state index is 0.334. The van der Waals surface area contributed by atoms with Gasteiger partial charge in [-0.1, -0.05) is 13.8 Å². The number of anilines is 1. The van der Waals surface area contributed by atoms with E-state index in [1.54, 1.807) is 6.07 Å². The van der Waals surface area contributed by atoms with Gasteiger partial charge in [-0.25, -0.2) is 4.39 Å². The molecule has 17 heavy (non-hydrogen) atoms. The number of nitrogens with zero attached hydrogens (tertiary/aromatic N) is 1. The lowest BCUT2D eigenvalue weighted by Gasteiger charge is -2.27. The molecule has 1 aliphatic rings. The SMILES string of the molecule is CC(C)CN(c1cc(F)cc(C=O)c1)C1CC1. The molecule has 0 N–H and O–H groups in total. The van der Waals surface area contributed by atoms with Crippen LogP contribution in [0.5, 0.6) is 0 Å². The van der Waals surface area contributed by atoms with Crippen LogP contribution in [0.3, 0.4) is 0 Å². The number of hydrogen-bond acceptors (Lipinski definition) is 2. The van der Waals surface area contributed by atoms with E-state index in [-0.39, 0.29) is 5.82 Å². The molecule has 2 nitrogen and oxygen atoms in total. The van der Waals surface area contributed by atoms with Crippen molar-refractivity contribution in [3.05, 3.63) is 29.6 Å². The largest absolute Gasteiger partial charge is 0.368 e. The van der Waals surface area contributed by atoms with E-state index < -0.39 is 0 Å². The molecule has 0 saturated heterocycles. The van der Waals surface area contributed by atoms with Crippen LogP contribution in [0, 0.1) is 11.7 Å². The van der Waals surface area contributed by atoms with Crippen LogP contribution in [0.4, 0.5) is 10.1 Å². The molecule has 1 aromatic rings. The van der Waals surface area contributed by atoms with Gasteiger partial charge in [0, 0.05) is 23.8 Å². The van der Waals surface area contributed by atoms with Crippen molar-refractivity contribution in [2.45, 2.75) is 32.7 Å². The molecule has 3 heteroatoms. The summed E-state index contributed by atoms with van der Waals surface area (Å²) in [5.41, 5.74) is 1.25. The number of benzene rings is 1. The third kappa shape index (κ3) is 3.05. The number of carbonyl (C=O) groups excluding carboxylic acids is 1. The lowest BCUT2D eigenvalue weighted by molar-refractivity contribution is 0.112. The van der Waals surface area contributed by atoms with Crippen LogP contribution in [-0.4, -0.2) is 18.9 Å². The molecule has 1 aromatic carbocycles. The van der Waals surface area contributed by atoms with Gasteiger partial charge in [0.1, 0.15) is 12.1 Å². The van der Waals surface area contributed by atoms with Crippen molar-refractivity contribution in [3.63, 3.8) is 0 Å². The average Bonchev–Trinajstić information content (AvgIpc) is 3.08. The molecule has 0 bridgehead atoms. The van der Waals surface area contributed by atoms with Crippen LogP contribution in [0.15, 0.2) is 18.2 Å². The highest BCUT2D eigenvalue weighted by Crippen LogP contribution is 2.33. The van der Waals surface area contributed by atoms with E-state index in [4.69, 9.17) is 0 Å². The van der Waals surface area contributed by atoms with Crippen LogP contribution < -0.4 is 4.90 Å². The zero-order chi connectivity index (χ0) is 12.4. The molecule has 0 aliphatic heterocycles. The van der Waals surface area contributed by atoms with Gasteiger partial charge in [0.25, 0.3) is 0 Å². The molecule has 1 fully saturated rings. The molecule has 1 saturated carbocycles. The topological polar surface area (TPSA) is 20.3 Å². The number of carbonyl (C=O) groups is 1. The van der Waals surface area contributed by atoms with Gasteiger partial charge in [0.2, 0.25) is 0 Å². The first-order valence-corrected chi connectivity index (χ1v) is 6.12. The fraction of sp³-hybridized carbons (Fsp3) is 0.500. The van der Waals surface area contributed by atoms with E-state index in [0.717, 1.165) is 12.2 Å². The third-order valence-corrected chi connectivity index (χ3v) is 2.92. The first-order chi connectivity index (χ1) is 8.10. The zero-order valence-corrected chi connectivity index (χ0v) is 10.3. The van der Waals surface area contributed by atoms with Crippen molar-refractivity contribution in [3.8, 4) is 0 Å². The van der Waals surface area contributed by atoms with Gasteiger partial charge in [-0.05, 0) is 37.0 Å². The van der Waals surface area contributed by atoms with Crippen molar-refractivity contribution in [1.82, 2.24) is 0 Å². The summed E-state index contributed by atoms with van der Waals surface area (Å²) >= 11 is 0. The number of hydrogen-bond donors (Lipinski definition) is 0. The maximum atomic E-state index is 13.4. The lowest BCUT2D eigenvalue weighted by Crippen LogP contribution is -2.29. The molecule has 92 valence electrons. The Morgan fingerprint density at radius 2 is 2.12 bits per heavy atom. The monoisotopic (exact) mass is 235 g/mol. The summed E-state index contributed by atoms with van der Waals surface area (Å²) < 4.78 is 13.4. The number of rotatable bonds is 5. The first kappa shape index (κ1) is 12.1. The molecule has 0 aromatic heterocycles. The van der Waals surface area contributed by atoms with Gasteiger partial charge in [0.15, 0.2) is 0 Å². The Labute approximate surface area is 101 Å². The average molecular weight is 235 g/mol. The summed E-state index contributed by atoms with van der Waals surface area (Å²) in [5, 5.41) is 0. The van der Waals surface area contributed by atoms with Crippen LogP contribution in [0.25, 0.3) is 0 Å². The molecule has 2 rings (SSSR count). The Balaban J connectivity index is 2.28. The Morgan fingerprint density at radius 1 is 1.41 bits per heavy atom. The van der Waals surface area contributed by atoms with Crippen molar-refractivity contribution in [2.24, 2.45) is 5.92 Å². The van der Waals surface area contributed by atoms with Crippen molar-refractivity contribution in [1.29, 1.82) is 0 Å². The normalized spacial score (nSPS) is 15.1. The molecule has 0 amide bonds. The summed E-state index contributed by atoms with van der Waals surface area (Å²) in [4.78, 5) is 13.0. The van der Waals surface area contributed by atoms with E-state index in [2.05, 4.69) is 18.7 Å². The van der Waals surface area contributed by atoms with E-state index >= 15 is 0 Å². The fourth-order valence-corrected chi connectivity index (χ4v) is 2.08. The van der Waals surface area contributed by atoms with E-state index in [0.29, 0.717) is 23.8 Å². The molecule has 0 heterocycles. The van der Waals surface area contributed by atoms with Crippen LogP contribution >= 0.6 is 0 Å². The molecular weight excluding hydrogens is 217 g/mol. The Kier molecular flexibility index (Phi) is 3.46. The summed E-state index contributed by atoms with van der Waals surface area (Å²) in [7, 11) is 0. The third-order valence-electron chi connectivity index (χ3n) is 2.92. The maximum absolute atomic E-state index is 13.4. The summed E-state index contributed by atoms with van der Waals surface area (Å²) in [6.45, 7) is 5.21. The first-order valence-electron chi connectivity index (χ1n) is 6.12. The van der Waals surface area contributed by atoms with Gasteiger partial charge in [-0.2, -0.15) is 0 Å². The highest BCUT2D eigenvalue weighted by molar-refractivity contribution is 5.77. The summed E-state index contributed by atoms with van der Waals surface area (Å²) in [5.74, 6) is 0.192.